The summed E-state index contributed by atoms with van der Waals surface area (Å²) in [6.45, 7) is 1.18. The number of fused-ring (bicyclic) bond motifs is 1. The fraction of sp³-hybridized carbons (Fsp3) is 0.300. The molecule has 0 saturated heterocycles. The molecule has 14 heteroatoms. The van der Waals surface area contributed by atoms with E-state index in [0.717, 1.165) is 11.8 Å². The van der Waals surface area contributed by atoms with Crippen molar-refractivity contribution in [3.05, 3.63) is 63.6 Å². The number of nitrogen functional groups attached to an aromatic ring is 1. The summed E-state index contributed by atoms with van der Waals surface area (Å²) in [5.74, 6) is 0.303. The highest BCUT2D eigenvalue weighted by atomic mass is 35.5. The van der Waals surface area contributed by atoms with Gasteiger partial charge in [-0.05, 0) is 17.7 Å². The monoisotopic (exact) mass is 511 g/mol. The summed E-state index contributed by atoms with van der Waals surface area (Å²) in [6, 6.07) is 7.26. The summed E-state index contributed by atoms with van der Waals surface area (Å²) in [4.78, 5) is 32.9. The molecule has 0 spiro atoms. The molecule has 0 aliphatic rings. The second kappa shape index (κ2) is 13.0. The molecule has 0 aliphatic carbocycles. The van der Waals surface area contributed by atoms with Crippen molar-refractivity contribution >= 4 is 43.6 Å². The van der Waals surface area contributed by atoms with Crippen molar-refractivity contribution in [2.24, 2.45) is 0 Å². The van der Waals surface area contributed by atoms with Crippen LogP contribution in [-0.4, -0.2) is 52.7 Å². The zero-order valence-corrected chi connectivity index (χ0v) is 19.8. The van der Waals surface area contributed by atoms with E-state index in [1.807, 2.05) is 12.1 Å². The third-order valence-corrected chi connectivity index (χ3v) is 5.76. The largest absolute Gasteiger partial charge is 0.495 e. The number of carbonyl (C=O) groups excluding carboxylic acids is 1. The van der Waals surface area contributed by atoms with Gasteiger partial charge in [0.25, 0.3) is 12.0 Å². The number of methoxy groups -OCH3 is 1. The standard InChI is InChI=1S/C20H23ClN5O7P/c1-29-16(9-31-12-27)10-33-34(32-8-14-3-2-4-15(21)7-14)13-30-6-5-26-11-23-17-18(26)24-20(22)25-19(17)28/h2-4,7,9,11-12H,5-6,8,10,13H2,1H3,(H3,22,24,25,28)/b16-9-. The minimum atomic E-state index is -1.51. The average Bonchev–Trinajstić information content (AvgIpc) is 3.22. The summed E-state index contributed by atoms with van der Waals surface area (Å²) in [5.41, 5.74) is 6.64. The molecular weight excluding hydrogens is 489 g/mol. The van der Waals surface area contributed by atoms with E-state index in [0.29, 0.717) is 23.0 Å². The lowest BCUT2D eigenvalue weighted by molar-refractivity contribution is -0.124. The number of H-pyrrole nitrogens is 1. The highest BCUT2D eigenvalue weighted by Gasteiger charge is 2.15. The maximum absolute atomic E-state index is 11.9. The molecule has 0 amide bonds. The fourth-order valence-corrected chi connectivity index (χ4v) is 3.98. The van der Waals surface area contributed by atoms with Crippen molar-refractivity contribution in [2.45, 2.75) is 13.2 Å². The number of imidazole rings is 1. The molecular formula is C20H23ClN5O7P. The maximum atomic E-state index is 11.9. The van der Waals surface area contributed by atoms with Crippen LogP contribution in [0.4, 0.5) is 5.95 Å². The highest BCUT2D eigenvalue weighted by Crippen LogP contribution is 2.40. The SMILES string of the molecule is CO/C(=C\OC=O)COP(COCCn1cnc2c(=O)[nH]c(N)nc21)OCc1cccc(Cl)c1. The van der Waals surface area contributed by atoms with Gasteiger partial charge < -0.3 is 33.6 Å². The van der Waals surface area contributed by atoms with Crippen LogP contribution in [0, 0.1) is 0 Å². The topological polar surface area (TPSA) is 153 Å². The normalized spacial score (nSPS) is 12.6. The smallest absolute Gasteiger partial charge is 0.298 e. The Balaban J connectivity index is 1.57. The summed E-state index contributed by atoms with van der Waals surface area (Å²) in [7, 11) is -0.0798. The van der Waals surface area contributed by atoms with Crippen molar-refractivity contribution in [1.82, 2.24) is 19.5 Å². The van der Waals surface area contributed by atoms with Gasteiger partial charge in [0.2, 0.25) is 5.95 Å². The summed E-state index contributed by atoms with van der Waals surface area (Å²) < 4.78 is 28.8. The quantitative estimate of drug-likeness (QED) is 0.143. The van der Waals surface area contributed by atoms with Crippen LogP contribution >= 0.6 is 20.0 Å². The summed E-state index contributed by atoms with van der Waals surface area (Å²) >= 11 is 6.03. The first-order valence-electron chi connectivity index (χ1n) is 9.88. The molecule has 3 N–H and O–H groups in total. The number of rotatable bonds is 14. The minimum absolute atomic E-state index is 0.00654. The molecule has 12 nitrogen and oxygen atoms in total. The van der Waals surface area contributed by atoms with Crippen molar-refractivity contribution in [2.75, 3.05) is 32.4 Å². The van der Waals surface area contributed by atoms with Gasteiger partial charge in [0.1, 0.15) is 19.2 Å². The van der Waals surface area contributed by atoms with Crippen molar-refractivity contribution in [3.63, 3.8) is 0 Å². The fourth-order valence-electron chi connectivity index (χ4n) is 2.70. The van der Waals surface area contributed by atoms with Crippen LogP contribution in [0.25, 0.3) is 11.2 Å². The van der Waals surface area contributed by atoms with Crippen molar-refractivity contribution in [1.29, 1.82) is 0 Å². The first-order chi connectivity index (χ1) is 16.5. The number of nitrogens with two attached hydrogens (primary N) is 1. The molecule has 0 radical (unpaired) electrons. The number of hydrogen-bond donors (Lipinski definition) is 2. The van der Waals surface area contributed by atoms with Crippen LogP contribution in [0.5, 0.6) is 0 Å². The molecule has 3 aromatic rings. The van der Waals surface area contributed by atoms with Crippen LogP contribution in [-0.2, 0) is 41.2 Å². The third-order valence-electron chi connectivity index (χ3n) is 4.30. The Bertz CT molecular complexity index is 1190. The molecule has 182 valence electrons. The van der Waals surface area contributed by atoms with Gasteiger partial charge in [-0.15, -0.1) is 0 Å². The van der Waals surface area contributed by atoms with Crippen LogP contribution in [0.1, 0.15) is 5.56 Å². The van der Waals surface area contributed by atoms with E-state index < -0.39 is 13.9 Å². The molecule has 2 aromatic heterocycles. The maximum Gasteiger partial charge on any atom is 0.298 e. The van der Waals surface area contributed by atoms with Gasteiger partial charge in [-0.2, -0.15) is 4.98 Å². The minimum Gasteiger partial charge on any atom is -0.495 e. The van der Waals surface area contributed by atoms with Crippen molar-refractivity contribution < 1.29 is 28.1 Å². The Hall–Kier alpha value is -3.02. The van der Waals surface area contributed by atoms with Gasteiger partial charge in [-0.25, -0.2) is 4.98 Å². The van der Waals surface area contributed by atoms with Crippen molar-refractivity contribution in [3.8, 4) is 0 Å². The van der Waals surface area contributed by atoms with Crippen LogP contribution in [0.3, 0.4) is 0 Å². The van der Waals surface area contributed by atoms with Crippen LogP contribution < -0.4 is 11.3 Å². The lowest BCUT2D eigenvalue weighted by Crippen LogP contribution is -2.13. The number of halogens is 1. The number of nitrogens with one attached hydrogen (secondary N) is 1. The van der Waals surface area contributed by atoms with Gasteiger partial charge in [-0.1, -0.05) is 23.7 Å². The second-order valence-corrected chi connectivity index (χ2v) is 8.51. The van der Waals surface area contributed by atoms with Gasteiger partial charge in [-0.3, -0.25) is 14.6 Å². The Kier molecular flexibility index (Phi) is 9.80. The van der Waals surface area contributed by atoms with Gasteiger partial charge in [0.15, 0.2) is 25.3 Å². The number of nitrogens with zero attached hydrogens (tertiary/aromatic N) is 3. The molecule has 1 unspecified atom stereocenters. The molecule has 34 heavy (non-hydrogen) atoms. The zero-order chi connectivity index (χ0) is 24.3. The summed E-state index contributed by atoms with van der Waals surface area (Å²) in [5, 5.41) is 0.596. The Morgan fingerprint density at radius 1 is 1.35 bits per heavy atom. The third kappa shape index (κ3) is 7.51. The predicted molar refractivity (Wildman–Crippen MR) is 125 cm³/mol. The average molecular weight is 512 g/mol. The number of hydrogen-bond acceptors (Lipinski definition) is 10. The molecule has 0 fully saturated rings. The predicted octanol–water partition coefficient (Wildman–Crippen LogP) is 2.54. The lowest BCUT2D eigenvalue weighted by Gasteiger charge is -2.18. The molecule has 1 atom stereocenters. The molecule has 3 rings (SSSR count). The molecule has 2 heterocycles. The van der Waals surface area contributed by atoms with E-state index in [-0.39, 0.29) is 44.1 Å². The second-order valence-electron chi connectivity index (χ2n) is 6.63. The van der Waals surface area contributed by atoms with E-state index in [1.54, 1.807) is 16.7 Å². The van der Waals surface area contributed by atoms with Gasteiger partial charge in [0, 0.05) is 11.6 Å². The number of benzene rings is 1. The Morgan fingerprint density at radius 3 is 2.97 bits per heavy atom. The summed E-state index contributed by atoms with van der Waals surface area (Å²) in [6.07, 6.45) is 2.78. The number of aromatic amines is 1. The van der Waals surface area contributed by atoms with Gasteiger partial charge >= 0.3 is 0 Å². The number of anilines is 1. The van der Waals surface area contributed by atoms with E-state index in [9.17, 15) is 9.59 Å². The molecule has 0 saturated carbocycles. The number of aromatic nitrogens is 4. The number of carbonyl (C=O) groups is 1. The van der Waals surface area contributed by atoms with E-state index in [2.05, 4.69) is 19.7 Å². The van der Waals surface area contributed by atoms with Crippen LogP contribution in [0.2, 0.25) is 5.02 Å². The van der Waals surface area contributed by atoms with Crippen LogP contribution in [0.15, 0.2) is 47.4 Å². The zero-order valence-electron chi connectivity index (χ0n) is 18.2. The Morgan fingerprint density at radius 2 is 2.21 bits per heavy atom. The molecule has 1 aromatic carbocycles. The number of ether oxygens (including phenoxy) is 3. The molecule has 0 aliphatic heterocycles. The Labute approximate surface area is 200 Å². The molecule has 0 bridgehead atoms. The first-order valence-corrected chi connectivity index (χ1v) is 11.6. The first kappa shape index (κ1) is 25.6. The van der Waals surface area contributed by atoms with E-state index >= 15 is 0 Å². The lowest BCUT2D eigenvalue weighted by atomic mass is 10.2. The highest BCUT2D eigenvalue weighted by molar-refractivity contribution is 7.47. The van der Waals surface area contributed by atoms with E-state index in [1.165, 1.54) is 13.4 Å². The van der Waals surface area contributed by atoms with Gasteiger partial charge in [0.05, 0.1) is 26.7 Å². The van der Waals surface area contributed by atoms with E-state index in [4.69, 9.17) is 35.9 Å².